The summed E-state index contributed by atoms with van der Waals surface area (Å²) in [4.78, 5) is 6.83. The monoisotopic (exact) mass is 241 g/mol. The number of hydrogen-bond donors (Lipinski definition) is 1. The van der Waals surface area contributed by atoms with Gasteiger partial charge in [-0.05, 0) is 25.3 Å². The number of piperidine rings is 1. The molecule has 2 heterocycles. The summed E-state index contributed by atoms with van der Waals surface area (Å²) < 4.78 is 0. The molecule has 1 fully saturated rings. The number of aliphatic imine (C=N–C) groups is 1. The zero-order chi connectivity index (χ0) is 12.5. The molecule has 1 aromatic carbocycles. The van der Waals surface area contributed by atoms with Gasteiger partial charge < -0.3 is 4.90 Å². The van der Waals surface area contributed by atoms with Gasteiger partial charge in [0.1, 0.15) is 11.7 Å². The lowest BCUT2D eigenvalue weighted by Gasteiger charge is -2.40. The van der Waals surface area contributed by atoms with Crippen molar-refractivity contribution in [3.05, 3.63) is 35.4 Å². The van der Waals surface area contributed by atoms with E-state index in [2.05, 4.69) is 41.1 Å². The molecule has 0 spiro atoms. The highest BCUT2D eigenvalue weighted by molar-refractivity contribution is 5.98. The number of aryl methyl sites for hydroxylation is 1. The van der Waals surface area contributed by atoms with Crippen LogP contribution in [0.3, 0.4) is 0 Å². The van der Waals surface area contributed by atoms with Crippen molar-refractivity contribution in [3.63, 3.8) is 0 Å². The summed E-state index contributed by atoms with van der Waals surface area (Å²) in [5.74, 6) is 1.66. The smallest absolute Gasteiger partial charge is 0.124 e. The van der Waals surface area contributed by atoms with E-state index in [4.69, 9.17) is 5.41 Å². The Hall–Kier alpha value is -1.64. The van der Waals surface area contributed by atoms with E-state index in [0.717, 1.165) is 25.2 Å². The van der Waals surface area contributed by atoms with Crippen molar-refractivity contribution >= 4 is 11.7 Å². The van der Waals surface area contributed by atoms with Crippen molar-refractivity contribution in [1.29, 1.82) is 5.41 Å². The zero-order valence-electron chi connectivity index (χ0n) is 10.8. The second-order valence-electron chi connectivity index (χ2n) is 5.26. The Bertz CT molecular complexity index is 487. The van der Waals surface area contributed by atoms with Crippen LogP contribution in [0.5, 0.6) is 0 Å². The highest BCUT2D eigenvalue weighted by Gasteiger charge is 2.30. The molecule has 3 nitrogen and oxygen atoms in total. The molecule has 0 saturated carbocycles. The minimum Gasteiger partial charge on any atom is -0.352 e. The summed E-state index contributed by atoms with van der Waals surface area (Å²) in [5, 5.41) is 7.92. The molecule has 1 atom stereocenters. The van der Waals surface area contributed by atoms with E-state index in [-0.39, 0.29) is 0 Å². The van der Waals surface area contributed by atoms with Gasteiger partial charge in [0, 0.05) is 19.4 Å². The Morgan fingerprint density at radius 3 is 2.78 bits per heavy atom. The zero-order valence-corrected chi connectivity index (χ0v) is 10.8. The molecule has 1 saturated heterocycles. The molecule has 1 N–H and O–H groups in total. The molecule has 0 amide bonds. The highest BCUT2D eigenvalue weighted by atomic mass is 15.2. The second-order valence-corrected chi connectivity index (χ2v) is 5.26. The summed E-state index contributed by atoms with van der Waals surface area (Å²) in [6, 6.07) is 9.05. The molecular formula is C15H19N3. The highest BCUT2D eigenvalue weighted by Crippen LogP contribution is 2.32. The maximum absolute atomic E-state index is 7.92. The molecule has 2 aliphatic rings. The number of nitrogens with one attached hydrogen (secondary N) is 1. The second kappa shape index (κ2) is 4.56. The van der Waals surface area contributed by atoms with Gasteiger partial charge in [-0.3, -0.25) is 5.41 Å². The predicted octanol–water partition coefficient (Wildman–Crippen LogP) is 3.30. The fourth-order valence-electron chi connectivity index (χ4n) is 2.87. The molecule has 3 rings (SSSR count). The van der Waals surface area contributed by atoms with Gasteiger partial charge in [0.2, 0.25) is 0 Å². The number of amidine groups is 2. The summed E-state index contributed by atoms with van der Waals surface area (Å²) >= 11 is 0. The first kappa shape index (κ1) is 11.5. The van der Waals surface area contributed by atoms with Gasteiger partial charge in [0.15, 0.2) is 0 Å². The largest absolute Gasteiger partial charge is 0.352 e. The van der Waals surface area contributed by atoms with Gasteiger partial charge in [-0.15, -0.1) is 0 Å². The SMILES string of the molecule is Cc1ccc(C2CC(=N)N=C3CCCCN32)cc1. The minimum atomic E-state index is 0.325. The Labute approximate surface area is 108 Å². The van der Waals surface area contributed by atoms with E-state index < -0.39 is 0 Å². The predicted molar refractivity (Wildman–Crippen MR) is 74.3 cm³/mol. The molecule has 0 bridgehead atoms. The van der Waals surface area contributed by atoms with Crippen LogP contribution in [-0.2, 0) is 0 Å². The first-order chi connectivity index (χ1) is 8.74. The third kappa shape index (κ3) is 2.05. The molecule has 0 aromatic heterocycles. The number of nitrogens with zero attached hydrogens (tertiary/aromatic N) is 2. The average molecular weight is 241 g/mol. The first-order valence-corrected chi connectivity index (χ1v) is 6.72. The van der Waals surface area contributed by atoms with E-state index in [1.807, 2.05) is 0 Å². The topological polar surface area (TPSA) is 39.5 Å². The van der Waals surface area contributed by atoms with Crippen LogP contribution in [0.1, 0.15) is 42.9 Å². The van der Waals surface area contributed by atoms with Gasteiger partial charge in [-0.2, -0.15) is 0 Å². The maximum Gasteiger partial charge on any atom is 0.124 e. The number of fused-ring (bicyclic) bond motifs is 1. The lowest BCUT2D eigenvalue weighted by Crippen LogP contribution is -2.42. The molecule has 0 radical (unpaired) electrons. The Morgan fingerprint density at radius 1 is 1.22 bits per heavy atom. The van der Waals surface area contributed by atoms with Crippen LogP contribution in [0.2, 0.25) is 0 Å². The van der Waals surface area contributed by atoms with Crippen LogP contribution in [0, 0.1) is 12.3 Å². The Kier molecular flexibility index (Phi) is 2.90. The molecule has 3 heteroatoms. The van der Waals surface area contributed by atoms with Crippen LogP contribution in [0.4, 0.5) is 0 Å². The summed E-state index contributed by atoms with van der Waals surface area (Å²) in [6.07, 6.45) is 4.23. The average Bonchev–Trinajstić information content (AvgIpc) is 2.38. The van der Waals surface area contributed by atoms with Crippen molar-refractivity contribution in [2.45, 2.75) is 38.6 Å². The van der Waals surface area contributed by atoms with Crippen molar-refractivity contribution in [3.8, 4) is 0 Å². The number of rotatable bonds is 1. The molecule has 94 valence electrons. The quantitative estimate of drug-likeness (QED) is 0.805. The Balaban J connectivity index is 1.93. The molecule has 1 aromatic rings. The molecule has 18 heavy (non-hydrogen) atoms. The molecule has 2 aliphatic heterocycles. The van der Waals surface area contributed by atoms with Crippen LogP contribution in [0.15, 0.2) is 29.3 Å². The fourth-order valence-corrected chi connectivity index (χ4v) is 2.87. The first-order valence-electron chi connectivity index (χ1n) is 6.72. The van der Waals surface area contributed by atoms with E-state index in [1.54, 1.807) is 0 Å². The van der Waals surface area contributed by atoms with Gasteiger partial charge >= 0.3 is 0 Å². The summed E-state index contributed by atoms with van der Waals surface area (Å²) in [5.41, 5.74) is 2.61. The van der Waals surface area contributed by atoms with Crippen LogP contribution in [0.25, 0.3) is 0 Å². The number of hydrogen-bond acceptors (Lipinski definition) is 2. The normalized spacial score (nSPS) is 23.6. The van der Waals surface area contributed by atoms with Crippen molar-refractivity contribution in [1.82, 2.24) is 4.90 Å². The lowest BCUT2D eigenvalue weighted by molar-refractivity contribution is 0.283. The summed E-state index contributed by atoms with van der Waals surface area (Å²) in [6.45, 7) is 3.20. The standard InChI is InChI=1S/C15H19N3/c1-11-5-7-12(8-6-11)13-10-14(16)17-15-4-2-3-9-18(13)15/h5-8,13,16H,2-4,9-10H2,1H3. The van der Waals surface area contributed by atoms with E-state index >= 15 is 0 Å². The van der Waals surface area contributed by atoms with E-state index in [0.29, 0.717) is 11.9 Å². The van der Waals surface area contributed by atoms with Crippen molar-refractivity contribution in [2.24, 2.45) is 4.99 Å². The van der Waals surface area contributed by atoms with Crippen LogP contribution >= 0.6 is 0 Å². The minimum absolute atomic E-state index is 0.325. The third-order valence-electron chi connectivity index (χ3n) is 3.87. The molecular weight excluding hydrogens is 222 g/mol. The van der Waals surface area contributed by atoms with E-state index in [1.165, 1.54) is 24.0 Å². The van der Waals surface area contributed by atoms with Crippen LogP contribution in [-0.4, -0.2) is 23.1 Å². The maximum atomic E-state index is 7.92. The van der Waals surface area contributed by atoms with Crippen molar-refractivity contribution < 1.29 is 0 Å². The fraction of sp³-hybridized carbons (Fsp3) is 0.467. The third-order valence-corrected chi connectivity index (χ3v) is 3.87. The summed E-state index contributed by atoms with van der Waals surface area (Å²) in [7, 11) is 0. The van der Waals surface area contributed by atoms with Gasteiger partial charge in [0.05, 0.1) is 6.04 Å². The Morgan fingerprint density at radius 2 is 2.00 bits per heavy atom. The van der Waals surface area contributed by atoms with Gasteiger partial charge in [-0.25, -0.2) is 4.99 Å². The van der Waals surface area contributed by atoms with Gasteiger partial charge in [0.25, 0.3) is 0 Å². The van der Waals surface area contributed by atoms with Gasteiger partial charge in [-0.1, -0.05) is 29.8 Å². The number of benzene rings is 1. The van der Waals surface area contributed by atoms with Crippen molar-refractivity contribution in [2.75, 3.05) is 6.54 Å². The van der Waals surface area contributed by atoms with Crippen LogP contribution < -0.4 is 0 Å². The lowest BCUT2D eigenvalue weighted by atomic mass is 9.95. The van der Waals surface area contributed by atoms with E-state index in [9.17, 15) is 0 Å². The molecule has 1 unspecified atom stereocenters. The molecule has 0 aliphatic carbocycles.